The Morgan fingerprint density at radius 2 is 1.91 bits per heavy atom. The Morgan fingerprint density at radius 1 is 1.15 bits per heavy atom. The van der Waals surface area contributed by atoms with E-state index in [2.05, 4.69) is 20.2 Å². The van der Waals surface area contributed by atoms with E-state index < -0.39 is 11.7 Å². The van der Waals surface area contributed by atoms with Gasteiger partial charge >= 0.3 is 6.18 Å². The van der Waals surface area contributed by atoms with E-state index in [9.17, 15) is 18.0 Å². The summed E-state index contributed by atoms with van der Waals surface area (Å²) in [7, 11) is 0. The molecule has 5 rings (SSSR count). The summed E-state index contributed by atoms with van der Waals surface area (Å²) in [6.07, 6.45) is 2.89. The van der Waals surface area contributed by atoms with E-state index in [1.54, 1.807) is 6.20 Å². The Morgan fingerprint density at radius 3 is 2.56 bits per heavy atom. The number of hydrogen-bond acceptors (Lipinski definition) is 6. The molecule has 0 aromatic carbocycles. The highest BCUT2D eigenvalue weighted by Crippen LogP contribution is 2.46. The van der Waals surface area contributed by atoms with Crippen LogP contribution in [0.4, 0.5) is 13.2 Å². The summed E-state index contributed by atoms with van der Waals surface area (Å²) in [5, 5.41) is 8.32. The summed E-state index contributed by atoms with van der Waals surface area (Å²) in [4.78, 5) is 25.2. The van der Waals surface area contributed by atoms with E-state index >= 15 is 0 Å². The predicted molar refractivity (Wildman–Crippen MR) is 114 cm³/mol. The zero-order valence-electron chi connectivity index (χ0n) is 18.6. The van der Waals surface area contributed by atoms with E-state index in [-0.39, 0.29) is 41.6 Å². The molecule has 1 aliphatic heterocycles. The van der Waals surface area contributed by atoms with Crippen LogP contribution >= 0.6 is 0 Å². The molecule has 2 aliphatic rings. The number of hydrogen-bond donors (Lipinski definition) is 0. The molecule has 1 saturated heterocycles. The maximum atomic E-state index is 13.8. The number of pyridine rings is 2. The molecular formula is C23H23F3N6O2. The van der Waals surface area contributed by atoms with Crippen LogP contribution in [-0.2, 0) is 6.18 Å². The van der Waals surface area contributed by atoms with Gasteiger partial charge in [-0.1, -0.05) is 6.92 Å². The van der Waals surface area contributed by atoms with Crippen molar-refractivity contribution >= 4 is 5.91 Å². The molecule has 11 heteroatoms. The predicted octanol–water partition coefficient (Wildman–Crippen LogP) is 3.85. The lowest BCUT2D eigenvalue weighted by molar-refractivity contribution is -0.137. The van der Waals surface area contributed by atoms with Crippen LogP contribution in [-0.4, -0.2) is 54.0 Å². The van der Waals surface area contributed by atoms with Gasteiger partial charge in [-0.15, -0.1) is 4.80 Å². The van der Waals surface area contributed by atoms with E-state index in [4.69, 9.17) is 4.74 Å². The van der Waals surface area contributed by atoms with Gasteiger partial charge in [0.25, 0.3) is 5.91 Å². The fourth-order valence-electron chi connectivity index (χ4n) is 5.16. The lowest BCUT2D eigenvalue weighted by Gasteiger charge is -2.39. The first-order chi connectivity index (χ1) is 16.3. The number of aryl methyl sites for hydroxylation is 1. The number of fused-ring (bicyclic) bond motifs is 2. The number of rotatable bonds is 5. The molecule has 34 heavy (non-hydrogen) atoms. The number of piperidine rings is 1. The third-order valence-electron chi connectivity index (χ3n) is 6.60. The normalized spacial score (nSPS) is 24.0. The lowest BCUT2D eigenvalue weighted by Crippen LogP contribution is -2.52. The highest BCUT2D eigenvalue weighted by Gasteiger charge is 2.54. The summed E-state index contributed by atoms with van der Waals surface area (Å²) in [5.41, 5.74) is 0.781. The standard InChI is InChI=1S/C23H23F3N6O2/c1-3-16-14-9-17(19(10-14)34-20-5-4-15(12-27-20)23(24,25)26)31(16)22(33)21-18(8-13(2)11-28-21)32-29-6-7-30-32/h4-8,11-12,14,16-17,19H,3,9-10H2,1-2H3/t14-,16-,17+,19-/m1/s1. The van der Waals surface area contributed by atoms with Crippen LogP contribution in [0.5, 0.6) is 5.88 Å². The van der Waals surface area contributed by atoms with E-state index in [0.717, 1.165) is 30.7 Å². The third kappa shape index (κ3) is 3.88. The van der Waals surface area contributed by atoms with Gasteiger partial charge in [-0.25, -0.2) is 9.97 Å². The topological polar surface area (TPSA) is 86.0 Å². The Bertz CT molecular complexity index is 1180. The number of nitrogens with zero attached hydrogens (tertiary/aromatic N) is 6. The molecular weight excluding hydrogens is 449 g/mol. The van der Waals surface area contributed by atoms with Crippen molar-refractivity contribution in [2.24, 2.45) is 5.92 Å². The van der Waals surface area contributed by atoms with Crippen LogP contribution in [0.15, 0.2) is 43.0 Å². The number of alkyl halides is 3. The van der Waals surface area contributed by atoms with Gasteiger partial charge in [0.1, 0.15) is 11.8 Å². The highest BCUT2D eigenvalue weighted by atomic mass is 19.4. The Kier molecular flexibility index (Phi) is 5.49. The molecule has 2 bridgehead atoms. The molecule has 3 aromatic heterocycles. The maximum absolute atomic E-state index is 13.8. The molecule has 1 saturated carbocycles. The summed E-state index contributed by atoms with van der Waals surface area (Å²) in [6, 6.07) is 3.79. The van der Waals surface area contributed by atoms with Crippen molar-refractivity contribution in [1.82, 2.24) is 29.9 Å². The molecule has 4 heterocycles. The lowest BCUT2D eigenvalue weighted by atomic mass is 9.95. The molecule has 0 spiro atoms. The summed E-state index contributed by atoms with van der Waals surface area (Å²) in [6.45, 7) is 3.92. The number of carbonyl (C=O) groups is 1. The molecule has 4 atom stereocenters. The Hall–Kier alpha value is -3.50. The van der Waals surface area contributed by atoms with E-state index in [1.165, 1.54) is 23.3 Å². The van der Waals surface area contributed by atoms with E-state index in [1.807, 2.05) is 24.8 Å². The fraction of sp³-hybridized carbons (Fsp3) is 0.435. The smallest absolute Gasteiger partial charge is 0.417 e. The summed E-state index contributed by atoms with van der Waals surface area (Å²) < 4.78 is 44.5. The SMILES string of the molecule is CC[C@@H]1[C@H]2C[C@@H](Oc3ccc(C(F)(F)F)cn3)[C@H](C2)N1C(=O)c1ncc(C)cc1-n1nccn1. The second-order valence-electron chi connectivity index (χ2n) is 8.72. The molecule has 3 aromatic rings. The first kappa shape index (κ1) is 22.3. The van der Waals surface area contributed by atoms with Crippen LogP contribution in [0.25, 0.3) is 5.69 Å². The number of amides is 1. The monoisotopic (exact) mass is 472 g/mol. The molecule has 0 unspecified atom stereocenters. The van der Waals surface area contributed by atoms with E-state index in [0.29, 0.717) is 12.1 Å². The zero-order valence-corrected chi connectivity index (χ0v) is 18.6. The van der Waals surface area contributed by atoms with Crippen molar-refractivity contribution in [3.63, 3.8) is 0 Å². The number of likely N-dealkylation sites (tertiary alicyclic amines) is 1. The molecule has 178 valence electrons. The van der Waals surface area contributed by atoms with Gasteiger partial charge in [0.2, 0.25) is 5.88 Å². The second kappa shape index (κ2) is 8.37. The van der Waals surface area contributed by atoms with Gasteiger partial charge in [-0.2, -0.15) is 23.4 Å². The Balaban J connectivity index is 1.42. The molecule has 2 fully saturated rings. The van der Waals surface area contributed by atoms with Gasteiger partial charge in [0.05, 0.1) is 24.0 Å². The van der Waals surface area contributed by atoms with Crippen LogP contribution < -0.4 is 4.74 Å². The molecule has 0 N–H and O–H groups in total. The van der Waals surface area contributed by atoms with Gasteiger partial charge in [0.15, 0.2) is 5.69 Å². The van der Waals surface area contributed by atoms with Crippen LogP contribution in [0.3, 0.4) is 0 Å². The van der Waals surface area contributed by atoms with Crippen LogP contribution in [0.2, 0.25) is 0 Å². The van der Waals surface area contributed by atoms with Crippen molar-refractivity contribution in [2.75, 3.05) is 0 Å². The first-order valence-electron chi connectivity index (χ1n) is 11.1. The number of aromatic nitrogens is 5. The fourth-order valence-corrected chi connectivity index (χ4v) is 5.16. The maximum Gasteiger partial charge on any atom is 0.417 e. The van der Waals surface area contributed by atoms with Crippen molar-refractivity contribution in [1.29, 1.82) is 0 Å². The first-order valence-corrected chi connectivity index (χ1v) is 11.1. The minimum absolute atomic E-state index is 0.0273. The number of ether oxygens (including phenoxy) is 1. The summed E-state index contributed by atoms with van der Waals surface area (Å²) in [5.74, 6) is 0.108. The van der Waals surface area contributed by atoms with Crippen molar-refractivity contribution in [3.05, 3.63) is 59.8 Å². The minimum atomic E-state index is -4.46. The van der Waals surface area contributed by atoms with Crippen molar-refractivity contribution in [3.8, 4) is 11.6 Å². The molecule has 1 aliphatic carbocycles. The average molecular weight is 472 g/mol. The van der Waals surface area contributed by atoms with Crippen LogP contribution in [0, 0.1) is 12.8 Å². The summed E-state index contributed by atoms with van der Waals surface area (Å²) >= 11 is 0. The number of halogens is 3. The number of carbonyl (C=O) groups excluding carboxylic acids is 1. The third-order valence-corrected chi connectivity index (χ3v) is 6.60. The average Bonchev–Trinajstić information content (AvgIpc) is 3.54. The molecule has 1 amide bonds. The zero-order chi connectivity index (χ0) is 24.0. The van der Waals surface area contributed by atoms with Gasteiger partial charge in [0, 0.05) is 24.5 Å². The highest BCUT2D eigenvalue weighted by molar-refractivity contribution is 5.96. The van der Waals surface area contributed by atoms with Crippen molar-refractivity contribution < 1.29 is 22.7 Å². The second-order valence-corrected chi connectivity index (χ2v) is 8.72. The van der Waals surface area contributed by atoms with Gasteiger partial charge in [-0.3, -0.25) is 4.79 Å². The quantitative estimate of drug-likeness (QED) is 0.561. The molecule has 0 radical (unpaired) electrons. The van der Waals surface area contributed by atoms with Gasteiger partial charge < -0.3 is 9.64 Å². The largest absolute Gasteiger partial charge is 0.472 e. The van der Waals surface area contributed by atoms with Crippen molar-refractivity contribution in [2.45, 2.75) is 57.5 Å². The minimum Gasteiger partial charge on any atom is -0.472 e. The Labute approximate surface area is 193 Å². The van der Waals surface area contributed by atoms with Crippen LogP contribution in [0.1, 0.15) is 47.8 Å². The molecule has 8 nitrogen and oxygen atoms in total. The van der Waals surface area contributed by atoms with Gasteiger partial charge in [-0.05, 0) is 49.8 Å².